The first kappa shape index (κ1) is 17.9. The van der Waals surface area contributed by atoms with Crippen molar-refractivity contribution in [3.05, 3.63) is 63.7 Å². The van der Waals surface area contributed by atoms with Crippen LogP contribution in [0.25, 0.3) is 22.1 Å². The first-order chi connectivity index (χ1) is 12.3. The molecule has 0 aliphatic carbocycles. The molecule has 0 fully saturated rings. The van der Waals surface area contributed by atoms with Crippen LogP contribution < -0.4 is 10.5 Å². The summed E-state index contributed by atoms with van der Waals surface area (Å²) in [6.45, 7) is 1.55. The van der Waals surface area contributed by atoms with Crippen LogP contribution in [0.2, 0.25) is 5.02 Å². The fraction of sp³-hybridized carbons (Fsp3) is 0.158. The number of likely N-dealkylation sites (N-methyl/N-ethyl adjacent to an activating group) is 1. The molecule has 0 aliphatic rings. The predicted molar refractivity (Wildman–Crippen MR) is 98.4 cm³/mol. The van der Waals surface area contributed by atoms with Crippen LogP contribution in [0.3, 0.4) is 0 Å². The maximum absolute atomic E-state index is 13.3. The molecule has 0 saturated carbocycles. The van der Waals surface area contributed by atoms with Gasteiger partial charge in [0.25, 0.3) is 0 Å². The Morgan fingerprint density at radius 1 is 1.19 bits per heavy atom. The van der Waals surface area contributed by atoms with Crippen LogP contribution in [-0.4, -0.2) is 24.2 Å². The van der Waals surface area contributed by atoms with Crippen LogP contribution in [0, 0.1) is 5.82 Å². The van der Waals surface area contributed by atoms with Crippen LogP contribution in [0.1, 0.15) is 6.92 Å². The molecule has 134 valence electrons. The Bertz CT molecular complexity index is 1060. The number of hydrogen-bond acceptors (Lipinski definition) is 4. The largest absolute Gasteiger partial charge is 0.480 e. The van der Waals surface area contributed by atoms with Gasteiger partial charge in [0.05, 0.1) is 5.02 Å². The monoisotopic (exact) mass is 375 g/mol. The lowest BCUT2D eigenvalue weighted by atomic mass is 10.0. The molecule has 0 saturated heterocycles. The fourth-order valence-electron chi connectivity index (χ4n) is 2.69. The number of halogens is 2. The Morgan fingerprint density at radius 2 is 1.92 bits per heavy atom. The molecule has 7 heteroatoms. The van der Waals surface area contributed by atoms with E-state index in [0.29, 0.717) is 22.2 Å². The Hall–Kier alpha value is -2.86. The van der Waals surface area contributed by atoms with Gasteiger partial charge in [0.15, 0.2) is 0 Å². The number of carbonyl (C=O) groups is 1. The Labute approximate surface area is 153 Å². The Morgan fingerprint density at radius 3 is 2.58 bits per heavy atom. The quantitative estimate of drug-likeness (QED) is 0.693. The van der Waals surface area contributed by atoms with Gasteiger partial charge in [-0.2, -0.15) is 0 Å². The van der Waals surface area contributed by atoms with E-state index in [1.54, 1.807) is 37.1 Å². The van der Waals surface area contributed by atoms with E-state index >= 15 is 0 Å². The number of hydrogen-bond donors (Lipinski definition) is 1. The third-order valence-electron chi connectivity index (χ3n) is 4.30. The summed E-state index contributed by atoms with van der Waals surface area (Å²) in [6.07, 6.45) is 0. The lowest BCUT2D eigenvalue weighted by Crippen LogP contribution is -2.35. The van der Waals surface area contributed by atoms with Gasteiger partial charge >= 0.3 is 11.6 Å². The maximum atomic E-state index is 13.3. The van der Waals surface area contributed by atoms with E-state index in [1.165, 1.54) is 24.3 Å². The van der Waals surface area contributed by atoms with Crippen molar-refractivity contribution in [1.82, 2.24) is 0 Å². The first-order valence-electron chi connectivity index (χ1n) is 7.77. The molecular formula is C19H15ClFNO4. The molecule has 0 spiro atoms. The molecule has 1 heterocycles. The lowest BCUT2D eigenvalue weighted by molar-refractivity contribution is -0.138. The summed E-state index contributed by atoms with van der Waals surface area (Å²) < 4.78 is 18.6. The minimum absolute atomic E-state index is 0.178. The summed E-state index contributed by atoms with van der Waals surface area (Å²) >= 11 is 6.13. The van der Waals surface area contributed by atoms with Gasteiger partial charge in [-0.15, -0.1) is 0 Å². The van der Waals surface area contributed by atoms with Crippen molar-refractivity contribution >= 4 is 34.2 Å². The van der Waals surface area contributed by atoms with E-state index in [4.69, 9.17) is 21.1 Å². The van der Waals surface area contributed by atoms with Crippen molar-refractivity contribution < 1.29 is 18.7 Å². The number of anilines is 1. The highest BCUT2D eigenvalue weighted by Crippen LogP contribution is 2.34. The fourth-order valence-corrected chi connectivity index (χ4v) is 2.96. The van der Waals surface area contributed by atoms with Gasteiger partial charge in [-0.1, -0.05) is 11.6 Å². The molecule has 0 bridgehead atoms. The molecule has 3 rings (SSSR count). The molecule has 0 unspecified atom stereocenters. The van der Waals surface area contributed by atoms with Gasteiger partial charge in [-0.05, 0) is 37.3 Å². The smallest absolute Gasteiger partial charge is 0.336 e. The van der Waals surface area contributed by atoms with Crippen molar-refractivity contribution in [2.24, 2.45) is 0 Å². The molecular weight excluding hydrogens is 361 g/mol. The summed E-state index contributed by atoms with van der Waals surface area (Å²) in [4.78, 5) is 24.7. The molecule has 5 nitrogen and oxygen atoms in total. The number of benzene rings is 2. The highest BCUT2D eigenvalue weighted by molar-refractivity contribution is 6.33. The third kappa shape index (κ3) is 3.28. The van der Waals surface area contributed by atoms with Gasteiger partial charge in [-0.25, -0.2) is 14.0 Å². The average molecular weight is 376 g/mol. The van der Waals surface area contributed by atoms with Crippen molar-refractivity contribution in [2.75, 3.05) is 11.9 Å². The standard InChI is InChI=1S/C19H15ClFNO4/c1-10(19(24)25)22(2)12-4-6-14-15(9-18(23)26-17(14)8-12)13-5-3-11(21)7-16(13)20/h3-10H,1-2H3,(H,24,25)/t10-/m1/s1. The molecule has 0 aliphatic heterocycles. The van der Waals surface area contributed by atoms with Crippen LogP contribution in [0.4, 0.5) is 10.1 Å². The molecule has 3 aromatic rings. The SMILES string of the molecule is C[C@H](C(=O)O)N(C)c1ccc2c(-c3ccc(F)cc3Cl)cc(=O)oc2c1. The van der Waals surface area contributed by atoms with Gasteiger partial charge in [-0.3, -0.25) is 0 Å². The van der Waals surface area contributed by atoms with Gasteiger partial charge < -0.3 is 14.4 Å². The van der Waals surface area contributed by atoms with Crippen molar-refractivity contribution in [3.8, 4) is 11.1 Å². The van der Waals surface area contributed by atoms with Crippen LogP contribution in [0.15, 0.2) is 51.7 Å². The minimum atomic E-state index is -0.971. The summed E-state index contributed by atoms with van der Waals surface area (Å²) in [7, 11) is 1.64. The van der Waals surface area contributed by atoms with E-state index < -0.39 is 23.5 Å². The second-order valence-electron chi connectivity index (χ2n) is 5.91. The molecule has 2 aromatic carbocycles. The van der Waals surface area contributed by atoms with E-state index in [0.717, 1.165) is 0 Å². The van der Waals surface area contributed by atoms with Crippen LogP contribution >= 0.6 is 11.6 Å². The predicted octanol–water partition coefficient (Wildman–Crippen LogP) is 4.16. The number of aliphatic carboxylic acids is 1. The summed E-state index contributed by atoms with van der Waals surface area (Å²) in [5.74, 6) is -1.45. The van der Waals surface area contributed by atoms with Crippen molar-refractivity contribution in [1.29, 1.82) is 0 Å². The van der Waals surface area contributed by atoms with E-state index in [-0.39, 0.29) is 10.6 Å². The van der Waals surface area contributed by atoms with Crippen LogP contribution in [-0.2, 0) is 4.79 Å². The topological polar surface area (TPSA) is 70.8 Å². The molecule has 1 aromatic heterocycles. The number of carboxylic acids is 1. The first-order valence-corrected chi connectivity index (χ1v) is 8.14. The number of fused-ring (bicyclic) bond motifs is 1. The Kier molecular flexibility index (Phi) is 4.70. The maximum Gasteiger partial charge on any atom is 0.336 e. The Balaban J connectivity index is 2.18. The third-order valence-corrected chi connectivity index (χ3v) is 4.61. The minimum Gasteiger partial charge on any atom is -0.480 e. The van der Waals surface area contributed by atoms with Gasteiger partial charge in [0.1, 0.15) is 17.4 Å². The molecule has 26 heavy (non-hydrogen) atoms. The average Bonchev–Trinajstić information content (AvgIpc) is 2.59. The number of nitrogens with zero attached hydrogens (tertiary/aromatic N) is 1. The van der Waals surface area contributed by atoms with Crippen molar-refractivity contribution in [3.63, 3.8) is 0 Å². The second kappa shape index (κ2) is 6.80. The zero-order valence-corrected chi connectivity index (χ0v) is 14.7. The van der Waals surface area contributed by atoms with E-state index in [1.807, 2.05) is 0 Å². The summed E-state index contributed by atoms with van der Waals surface area (Å²) in [6, 6.07) is 9.51. The zero-order chi connectivity index (χ0) is 19.0. The molecule has 0 radical (unpaired) electrons. The summed E-state index contributed by atoms with van der Waals surface area (Å²) in [5.41, 5.74) is 1.31. The van der Waals surface area contributed by atoms with Crippen LogP contribution in [0.5, 0.6) is 0 Å². The molecule has 0 amide bonds. The number of carboxylic acid groups (broad SMARTS) is 1. The number of rotatable bonds is 4. The highest BCUT2D eigenvalue weighted by atomic mass is 35.5. The summed E-state index contributed by atoms with van der Waals surface area (Å²) in [5, 5.41) is 9.94. The highest BCUT2D eigenvalue weighted by Gasteiger charge is 2.19. The molecule has 1 atom stereocenters. The zero-order valence-electron chi connectivity index (χ0n) is 14.0. The van der Waals surface area contributed by atoms with Gasteiger partial charge in [0.2, 0.25) is 0 Å². The van der Waals surface area contributed by atoms with E-state index in [9.17, 15) is 14.0 Å². The van der Waals surface area contributed by atoms with E-state index in [2.05, 4.69) is 0 Å². The molecule has 1 N–H and O–H groups in total. The normalized spacial score (nSPS) is 12.2. The van der Waals surface area contributed by atoms with Crippen molar-refractivity contribution in [2.45, 2.75) is 13.0 Å². The lowest BCUT2D eigenvalue weighted by Gasteiger charge is -2.23. The van der Waals surface area contributed by atoms with Gasteiger partial charge in [0, 0.05) is 41.4 Å². The second-order valence-corrected chi connectivity index (χ2v) is 6.32.